The molecule has 5 nitrogen and oxygen atoms in total. The Morgan fingerprint density at radius 1 is 1.25 bits per heavy atom. The number of allylic oxidation sites excluding steroid dienone is 1. The number of hydrogen-bond acceptors (Lipinski definition) is 4. The third kappa shape index (κ3) is 4.39. The van der Waals surface area contributed by atoms with Gasteiger partial charge in [-0.15, -0.1) is 0 Å². The minimum absolute atomic E-state index is 0.0321. The highest BCUT2D eigenvalue weighted by molar-refractivity contribution is 7.91. The van der Waals surface area contributed by atoms with Crippen molar-refractivity contribution < 1.29 is 13.2 Å². The van der Waals surface area contributed by atoms with Crippen LogP contribution >= 0.6 is 11.6 Å². The van der Waals surface area contributed by atoms with Gasteiger partial charge in [0.25, 0.3) is 0 Å². The molecule has 0 bridgehead atoms. The maximum Gasteiger partial charge on any atom is 0.185 e. The Bertz CT molecular complexity index is 1030. The highest BCUT2D eigenvalue weighted by Gasteiger charge is 2.31. The molecule has 0 N–H and O–H groups in total. The lowest BCUT2D eigenvalue weighted by Gasteiger charge is -2.18. The van der Waals surface area contributed by atoms with Crippen molar-refractivity contribution in [1.82, 2.24) is 9.78 Å². The average molecular weight is 421 g/mol. The van der Waals surface area contributed by atoms with Gasteiger partial charge in [-0.25, -0.2) is 13.1 Å². The Morgan fingerprint density at radius 3 is 2.43 bits per heavy atom. The maximum atomic E-state index is 12.5. The van der Waals surface area contributed by atoms with Gasteiger partial charge in [0.2, 0.25) is 0 Å². The Balaban J connectivity index is 1.80. The number of benzene rings is 1. The molecule has 2 aromatic rings. The summed E-state index contributed by atoms with van der Waals surface area (Å²) in [5.41, 5.74) is 3.11. The molecule has 1 aromatic carbocycles. The predicted octanol–water partition coefficient (Wildman–Crippen LogP) is 4.40. The van der Waals surface area contributed by atoms with E-state index in [0.717, 1.165) is 0 Å². The van der Waals surface area contributed by atoms with Gasteiger partial charge in [0, 0.05) is 11.1 Å². The fourth-order valence-electron chi connectivity index (χ4n) is 3.32. The van der Waals surface area contributed by atoms with Crippen molar-refractivity contribution in [3.05, 3.63) is 57.9 Å². The second kappa shape index (κ2) is 7.48. The summed E-state index contributed by atoms with van der Waals surface area (Å²) in [6.07, 6.45) is 3.65. The fraction of sp³-hybridized carbons (Fsp3) is 0.429. The lowest BCUT2D eigenvalue weighted by Crippen LogP contribution is -2.12. The summed E-state index contributed by atoms with van der Waals surface area (Å²) in [5.74, 6) is 0.0871. The van der Waals surface area contributed by atoms with Gasteiger partial charge >= 0.3 is 0 Å². The van der Waals surface area contributed by atoms with E-state index in [0.29, 0.717) is 28.4 Å². The molecule has 0 unspecified atom stereocenters. The van der Waals surface area contributed by atoms with Crippen LogP contribution in [0.15, 0.2) is 30.3 Å². The second-order valence-electron chi connectivity index (χ2n) is 8.32. The van der Waals surface area contributed by atoms with Crippen LogP contribution in [0.3, 0.4) is 0 Å². The number of aromatic nitrogens is 2. The monoisotopic (exact) mass is 420 g/mol. The van der Waals surface area contributed by atoms with E-state index in [1.54, 1.807) is 17.7 Å². The van der Waals surface area contributed by atoms with E-state index < -0.39 is 9.84 Å². The summed E-state index contributed by atoms with van der Waals surface area (Å²) in [6.45, 7) is 8.18. The SMILES string of the molecule is Cc1nn([C@H]2CCS(=O)(=O)C2)c(Cl)c1/C=C/C(=O)c1ccc(C(C)(C)C)cc1. The molecule has 0 amide bonds. The molecule has 0 aliphatic carbocycles. The minimum atomic E-state index is -3.03. The van der Waals surface area contributed by atoms with Crippen molar-refractivity contribution in [1.29, 1.82) is 0 Å². The topological polar surface area (TPSA) is 69.0 Å². The molecule has 0 spiro atoms. The van der Waals surface area contributed by atoms with E-state index in [-0.39, 0.29) is 28.7 Å². The van der Waals surface area contributed by atoms with Crippen LogP contribution in [0.5, 0.6) is 0 Å². The second-order valence-corrected chi connectivity index (χ2v) is 10.9. The molecule has 150 valence electrons. The molecule has 1 aromatic heterocycles. The zero-order valence-corrected chi connectivity index (χ0v) is 18.1. The third-order valence-electron chi connectivity index (χ3n) is 5.06. The van der Waals surface area contributed by atoms with Gasteiger partial charge in [-0.3, -0.25) is 4.79 Å². The van der Waals surface area contributed by atoms with E-state index in [1.807, 2.05) is 24.3 Å². The quantitative estimate of drug-likeness (QED) is 0.543. The van der Waals surface area contributed by atoms with Crippen molar-refractivity contribution in [3.63, 3.8) is 0 Å². The number of aryl methyl sites for hydroxylation is 1. The zero-order valence-electron chi connectivity index (χ0n) is 16.6. The Labute approximate surface area is 171 Å². The summed E-state index contributed by atoms with van der Waals surface area (Å²) >= 11 is 6.45. The first kappa shape index (κ1) is 20.8. The van der Waals surface area contributed by atoms with Crippen molar-refractivity contribution in [2.45, 2.75) is 45.6 Å². The Kier molecular flexibility index (Phi) is 5.56. The van der Waals surface area contributed by atoms with E-state index >= 15 is 0 Å². The molecule has 7 heteroatoms. The molecular weight excluding hydrogens is 396 g/mol. The van der Waals surface area contributed by atoms with Crippen LogP contribution < -0.4 is 0 Å². The predicted molar refractivity (Wildman–Crippen MR) is 113 cm³/mol. The van der Waals surface area contributed by atoms with E-state index in [2.05, 4.69) is 25.9 Å². The zero-order chi connectivity index (χ0) is 20.7. The number of carbonyl (C=O) groups excluding carboxylic acids is 1. The van der Waals surface area contributed by atoms with Gasteiger partial charge in [0.1, 0.15) is 5.15 Å². The van der Waals surface area contributed by atoms with Crippen LogP contribution in [0.25, 0.3) is 6.08 Å². The van der Waals surface area contributed by atoms with Crippen LogP contribution in [0, 0.1) is 6.92 Å². The largest absolute Gasteiger partial charge is 0.289 e. The van der Waals surface area contributed by atoms with E-state index in [4.69, 9.17) is 11.6 Å². The van der Waals surface area contributed by atoms with Crippen LogP contribution in [0.2, 0.25) is 5.15 Å². The fourth-order valence-corrected chi connectivity index (χ4v) is 5.39. The first-order valence-corrected chi connectivity index (χ1v) is 11.5. The van der Waals surface area contributed by atoms with Crippen LogP contribution in [-0.2, 0) is 15.3 Å². The lowest BCUT2D eigenvalue weighted by molar-refractivity contribution is 0.104. The summed E-state index contributed by atoms with van der Waals surface area (Å²) in [5, 5.41) is 4.77. The molecule has 0 saturated carbocycles. The molecule has 1 fully saturated rings. The van der Waals surface area contributed by atoms with Crippen molar-refractivity contribution >= 4 is 33.3 Å². The molecule has 1 aliphatic heterocycles. The minimum Gasteiger partial charge on any atom is -0.289 e. The number of sulfone groups is 1. The molecule has 1 aliphatic rings. The molecule has 3 rings (SSSR count). The van der Waals surface area contributed by atoms with Gasteiger partial charge in [-0.2, -0.15) is 5.10 Å². The lowest BCUT2D eigenvalue weighted by atomic mass is 9.86. The number of rotatable bonds is 4. The number of carbonyl (C=O) groups is 1. The third-order valence-corrected chi connectivity index (χ3v) is 7.19. The van der Waals surface area contributed by atoms with Gasteiger partial charge in [0.05, 0.1) is 23.2 Å². The molecular formula is C21H25ClN2O3S. The van der Waals surface area contributed by atoms with E-state index in [1.165, 1.54) is 11.6 Å². The number of hydrogen-bond donors (Lipinski definition) is 0. The summed E-state index contributed by atoms with van der Waals surface area (Å²) in [7, 11) is -3.03. The molecule has 2 heterocycles. The molecule has 0 radical (unpaired) electrons. The number of halogens is 1. The Morgan fingerprint density at radius 2 is 1.89 bits per heavy atom. The van der Waals surface area contributed by atoms with Gasteiger partial charge in [-0.1, -0.05) is 56.6 Å². The van der Waals surface area contributed by atoms with E-state index in [9.17, 15) is 13.2 Å². The standard InChI is InChI=1S/C21H25ClN2O3S/c1-14-18(20(22)24(23-14)17-11-12-28(26,27)13-17)9-10-19(25)15-5-7-16(8-6-15)21(2,3)4/h5-10,17H,11-13H2,1-4H3/b10-9+/t17-/m0/s1. The molecule has 1 atom stereocenters. The van der Waals surface area contributed by atoms with Gasteiger partial charge in [-0.05, 0) is 36.5 Å². The molecule has 1 saturated heterocycles. The smallest absolute Gasteiger partial charge is 0.185 e. The van der Waals surface area contributed by atoms with Crippen molar-refractivity contribution in [3.8, 4) is 0 Å². The van der Waals surface area contributed by atoms with Crippen LogP contribution in [0.1, 0.15) is 60.4 Å². The highest BCUT2D eigenvalue weighted by Crippen LogP contribution is 2.30. The van der Waals surface area contributed by atoms with Gasteiger partial charge < -0.3 is 0 Å². The van der Waals surface area contributed by atoms with Crippen LogP contribution in [0.4, 0.5) is 0 Å². The first-order valence-electron chi connectivity index (χ1n) is 9.26. The highest BCUT2D eigenvalue weighted by atomic mass is 35.5. The van der Waals surface area contributed by atoms with Crippen LogP contribution in [-0.4, -0.2) is 35.5 Å². The number of nitrogens with zero attached hydrogens (tertiary/aromatic N) is 2. The first-order chi connectivity index (χ1) is 13.0. The maximum absolute atomic E-state index is 12.5. The summed E-state index contributed by atoms with van der Waals surface area (Å²) in [4.78, 5) is 12.5. The average Bonchev–Trinajstić information content (AvgIpc) is 3.11. The van der Waals surface area contributed by atoms with Crippen molar-refractivity contribution in [2.24, 2.45) is 0 Å². The van der Waals surface area contributed by atoms with Crippen molar-refractivity contribution in [2.75, 3.05) is 11.5 Å². The number of ketones is 1. The van der Waals surface area contributed by atoms with Gasteiger partial charge in [0.15, 0.2) is 15.6 Å². The summed E-state index contributed by atoms with van der Waals surface area (Å²) in [6, 6.07) is 7.35. The normalized spacial score (nSPS) is 19.4. The Hall–Kier alpha value is -1.92. The molecule has 28 heavy (non-hydrogen) atoms. The summed E-state index contributed by atoms with van der Waals surface area (Å²) < 4.78 is 25.0.